The van der Waals surface area contributed by atoms with Gasteiger partial charge >= 0.3 is 5.97 Å². The van der Waals surface area contributed by atoms with Gasteiger partial charge in [0.2, 0.25) is 0 Å². The number of hydrogen-bond donors (Lipinski definition) is 2. The number of rotatable bonds is 6. The van der Waals surface area contributed by atoms with Gasteiger partial charge in [0.25, 0.3) is 11.6 Å². The van der Waals surface area contributed by atoms with Crippen molar-refractivity contribution in [2.45, 2.75) is 13.0 Å². The molecule has 154 valence electrons. The van der Waals surface area contributed by atoms with Crippen LogP contribution in [0.2, 0.25) is 5.02 Å². The van der Waals surface area contributed by atoms with E-state index in [0.29, 0.717) is 5.69 Å². The lowest BCUT2D eigenvalue weighted by Gasteiger charge is -2.13. The smallest absolute Gasteiger partial charge is 0.357 e. The Hall–Kier alpha value is -3.24. The fourth-order valence-electron chi connectivity index (χ4n) is 2.43. The summed E-state index contributed by atoms with van der Waals surface area (Å²) in [5.41, 5.74) is 1.20. The second-order valence-electron chi connectivity index (χ2n) is 6.13. The van der Waals surface area contributed by atoms with Crippen LogP contribution in [0.5, 0.6) is 0 Å². The quantitative estimate of drug-likeness (QED) is 0.294. The van der Waals surface area contributed by atoms with E-state index in [1.165, 1.54) is 25.1 Å². The Morgan fingerprint density at radius 1 is 1.23 bits per heavy atom. The first-order valence-corrected chi connectivity index (χ1v) is 9.69. The molecule has 0 bridgehead atoms. The third-order valence-corrected chi connectivity index (χ3v) is 4.87. The molecule has 0 aliphatic carbocycles. The number of carbonyl (C=O) groups is 2. The van der Waals surface area contributed by atoms with E-state index in [0.717, 1.165) is 16.1 Å². The minimum Gasteiger partial charge on any atom is -0.448 e. The summed E-state index contributed by atoms with van der Waals surface area (Å²) in [7, 11) is 0. The van der Waals surface area contributed by atoms with E-state index in [-0.39, 0.29) is 22.1 Å². The van der Waals surface area contributed by atoms with Crippen molar-refractivity contribution >= 4 is 50.8 Å². The number of ether oxygens (including phenoxy) is 1. The summed E-state index contributed by atoms with van der Waals surface area (Å²) in [6, 6.07) is 12.5. The molecule has 9 nitrogen and oxygen atoms in total. The highest BCUT2D eigenvalue weighted by atomic mass is 79.9. The lowest BCUT2D eigenvalue weighted by Crippen LogP contribution is -2.30. The van der Waals surface area contributed by atoms with Crippen molar-refractivity contribution < 1.29 is 19.2 Å². The Morgan fingerprint density at radius 2 is 1.93 bits per heavy atom. The lowest BCUT2D eigenvalue weighted by atomic mass is 10.1. The number of nitro groups is 1. The topological polar surface area (TPSA) is 127 Å². The van der Waals surface area contributed by atoms with Crippen molar-refractivity contribution in [2.24, 2.45) is 0 Å². The van der Waals surface area contributed by atoms with Crippen molar-refractivity contribution in [1.29, 1.82) is 0 Å². The number of anilines is 1. The van der Waals surface area contributed by atoms with Crippen molar-refractivity contribution in [3.05, 3.63) is 73.8 Å². The van der Waals surface area contributed by atoms with E-state index < -0.39 is 22.9 Å². The molecule has 3 aromatic rings. The minimum absolute atomic E-state index is 0.0397. The number of benzene rings is 2. The number of non-ortho nitro benzene ring substituents is 1. The van der Waals surface area contributed by atoms with Gasteiger partial charge in [-0.05, 0) is 31.2 Å². The molecule has 2 N–H and O–H groups in total. The van der Waals surface area contributed by atoms with Gasteiger partial charge in [0.15, 0.2) is 6.10 Å². The zero-order valence-corrected chi connectivity index (χ0v) is 17.7. The second kappa shape index (κ2) is 9.06. The number of nitrogens with one attached hydrogen (secondary N) is 2. The summed E-state index contributed by atoms with van der Waals surface area (Å²) in [4.78, 5) is 34.9. The summed E-state index contributed by atoms with van der Waals surface area (Å²) in [6.45, 7) is 1.37. The SMILES string of the molecule is CC(OC(=O)c1cc(-c2ccc(Br)cc2)n[nH]1)C(=O)Nc1cc([N+](=O)[O-])ccc1Cl. The Kier molecular flexibility index (Phi) is 6.48. The Labute approximate surface area is 183 Å². The van der Waals surface area contributed by atoms with Gasteiger partial charge in [-0.25, -0.2) is 4.79 Å². The molecule has 11 heteroatoms. The predicted octanol–water partition coefficient (Wildman–Crippen LogP) is 4.58. The highest BCUT2D eigenvalue weighted by Crippen LogP contribution is 2.27. The van der Waals surface area contributed by atoms with Crippen LogP contribution in [0.15, 0.2) is 53.0 Å². The molecule has 3 rings (SSSR count). The first-order chi connectivity index (χ1) is 14.2. The molecule has 0 aliphatic rings. The van der Waals surface area contributed by atoms with E-state index >= 15 is 0 Å². The molecular formula is C19H14BrClN4O5. The maximum Gasteiger partial charge on any atom is 0.357 e. The first-order valence-electron chi connectivity index (χ1n) is 8.51. The molecule has 1 atom stereocenters. The number of esters is 1. The van der Waals surface area contributed by atoms with Crippen LogP contribution in [0.3, 0.4) is 0 Å². The summed E-state index contributed by atoms with van der Waals surface area (Å²) in [6.07, 6.45) is -1.19. The van der Waals surface area contributed by atoms with Gasteiger partial charge in [0.05, 0.1) is 21.3 Å². The predicted molar refractivity (Wildman–Crippen MR) is 113 cm³/mol. The zero-order chi connectivity index (χ0) is 21.8. The van der Waals surface area contributed by atoms with Gasteiger partial charge in [-0.1, -0.05) is 39.7 Å². The molecule has 0 saturated heterocycles. The van der Waals surface area contributed by atoms with Crippen molar-refractivity contribution in [3.63, 3.8) is 0 Å². The molecule has 30 heavy (non-hydrogen) atoms. The maximum atomic E-state index is 12.3. The number of halogens is 2. The highest BCUT2D eigenvalue weighted by molar-refractivity contribution is 9.10. The molecule has 0 radical (unpaired) electrons. The normalized spacial score (nSPS) is 11.6. The van der Waals surface area contributed by atoms with Crippen LogP contribution in [-0.4, -0.2) is 33.1 Å². The summed E-state index contributed by atoms with van der Waals surface area (Å²) in [5, 5.41) is 20.1. The van der Waals surface area contributed by atoms with Gasteiger partial charge in [-0.2, -0.15) is 5.10 Å². The minimum atomic E-state index is -1.19. The van der Waals surface area contributed by atoms with Gasteiger partial charge in [-0.3, -0.25) is 20.0 Å². The number of aromatic nitrogens is 2. The number of aromatic amines is 1. The molecular weight excluding hydrogens is 480 g/mol. The fourth-order valence-corrected chi connectivity index (χ4v) is 2.86. The van der Waals surface area contributed by atoms with Crippen LogP contribution in [0, 0.1) is 10.1 Å². The molecule has 0 saturated carbocycles. The third kappa shape index (κ3) is 5.02. The first kappa shape index (κ1) is 21.5. The van der Waals surface area contributed by atoms with Crippen molar-refractivity contribution in [3.8, 4) is 11.3 Å². The van der Waals surface area contributed by atoms with Crippen molar-refractivity contribution in [2.75, 3.05) is 5.32 Å². The summed E-state index contributed by atoms with van der Waals surface area (Å²) in [5.74, 6) is -1.47. The van der Waals surface area contributed by atoms with Gasteiger partial charge in [0.1, 0.15) is 5.69 Å². The average Bonchev–Trinajstić information content (AvgIpc) is 3.20. The summed E-state index contributed by atoms with van der Waals surface area (Å²) < 4.78 is 6.06. The van der Waals surface area contributed by atoms with Crippen LogP contribution in [0.4, 0.5) is 11.4 Å². The Balaban J connectivity index is 1.66. The number of amides is 1. The molecule has 0 spiro atoms. The van der Waals surface area contributed by atoms with E-state index in [1.54, 1.807) is 0 Å². The Bertz CT molecular complexity index is 1120. The van der Waals surface area contributed by atoms with Crippen LogP contribution >= 0.6 is 27.5 Å². The van der Waals surface area contributed by atoms with Crippen LogP contribution < -0.4 is 5.32 Å². The van der Waals surface area contributed by atoms with Crippen LogP contribution in [-0.2, 0) is 9.53 Å². The van der Waals surface area contributed by atoms with E-state index in [4.69, 9.17) is 16.3 Å². The van der Waals surface area contributed by atoms with Gasteiger partial charge in [-0.15, -0.1) is 0 Å². The number of carbonyl (C=O) groups excluding carboxylic acids is 2. The van der Waals surface area contributed by atoms with E-state index in [1.807, 2.05) is 24.3 Å². The lowest BCUT2D eigenvalue weighted by molar-refractivity contribution is -0.384. The molecule has 1 unspecified atom stereocenters. The van der Waals surface area contributed by atoms with Crippen LogP contribution in [0.1, 0.15) is 17.4 Å². The molecule has 1 amide bonds. The zero-order valence-electron chi connectivity index (χ0n) is 15.4. The number of hydrogen-bond acceptors (Lipinski definition) is 6. The number of nitrogens with zero attached hydrogens (tertiary/aromatic N) is 2. The van der Waals surface area contributed by atoms with E-state index in [2.05, 4.69) is 31.4 Å². The van der Waals surface area contributed by atoms with E-state index in [9.17, 15) is 19.7 Å². The number of nitro benzene ring substituents is 1. The maximum absolute atomic E-state index is 12.3. The molecule has 0 fully saturated rings. The standard InChI is InChI=1S/C19H14BrClN4O5/c1-10(18(26)22-16-8-13(25(28)29)6-7-14(16)21)30-19(27)17-9-15(23-24-17)11-2-4-12(20)5-3-11/h2-10H,1H3,(H,22,26)(H,23,24). The average molecular weight is 494 g/mol. The highest BCUT2D eigenvalue weighted by Gasteiger charge is 2.22. The largest absolute Gasteiger partial charge is 0.448 e. The monoisotopic (exact) mass is 492 g/mol. The fraction of sp³-hybridized carbons (Fsp3) is 0.105. The van der Waals surface area contributed by atoms with Crippen LogP contribution in [0.25, 0.3) is 11.3 Å². The molecule has 1 heterocycles. The van der Waals surface area contributed by atoms with Crippen molar-refractivity contribution in [1.82, 2.24) is 10.2 Å². The number of H-pyrrole nitrogens is 1. The summed E-state index contributed by atoms with van der Waals surface area (Å²) >= 11 is 9.31. The molecule has 1 aromatic heterocycles. The third-order valence-electron chi connectivity index (χ3n) is 4.01. The second-order valence-corrected chi connectivity index (χ2v) is 7.45. The van der Waals surface area contributed by atoms with Gasteiger partial charge < -0.3 is 10.1 Å². The molecule has 0 aliphatic heterocycles. The van der Waals surface area contributed by atoms with Gasteiger partial charge in [0, 0.05) is 22.2 Å². The molecule has 2 aromatic carbocycles. The Morgan fingerprint density at radius 3 is 2.60 bits per heavy atom.